The highest BCUT2D eigenvalue weighted by molar-refractivity contribution is 6.05. The Morgan fingerprint density at radius 3 is 2.57 bits per heavy atom. The van der Waals surface area contributed by atoms with Crippen molar-refractivity contribution in [2.24, 2.45) is 5.73 Å². The Morgan fingerprint density at radius 2 is 1.95 bits per heavy atom. The number of amides is 2. The predicted octanol–water partition coefficient (Wildman–Crippen LogP) is 3.78. The molecule has 1 saturated heterocycles. The van der Waals surface area contributed by atoms with E-state index in [1.807, 2.05) is 30.3 Å². The van der Waals surface area contributed by atoms with E-state index in [1.165, 1.54) is 23.6 Å². The smallest absolute Gasteiger partial charge is 0.417 e. The van der Waals surface area contributed by atoms with Crippen molar-refractivity contribution < 1.29 is 27.5 Å². The second kappa shape index (κ2) is 10.3. The Balaban J connectivity index is 1.81. The van der Waals surface area contributed by atoms with Crippen LogP contribution in [0.3, 0.4) is 0 Å². The number of nitrogens with two attached hydrogens (primary N) is 1. The predicted molar refractivity (Wildman–Crippen MR) is 135 cm³/mol. The molecule has 2 aliphatic heterocycles. The Kier molecular flexibility index (Phi) is 7.52. The highest BCUT2D eigenvalue weighted by atomic mass is 19.4. The molecule has 0 radical (unpaired) electrons. The van der Waals surface area contributed by atoms with Crippen LogP contribution in [0.2, 0.25) is 0 Å². The molecule has 0 aliphatic carbocycles. The molecule has 200 valence electrons. The molecule has 2 aromatic rings. The fraction of sp³-hybridized carbons (Fsp3) is 0.481. The minimum atomic E-state index is -4.81. The van der Waals surface area contributed by atoms with Gasteiger partial charge in [0, 0.05) is 32.1 Å². The first-order valence-electron chi connectivity index (χ1n) is 12.5. The number of rotatable bonds is 6. The fourth-order valence-corrected chi connectivity index (χ4v) is 5.32. The van der Waals surface area contributed by atoms with Crippen LogP contribution in [0.25, 0.3) is 0 Å². The van der Waals surface area contributed by atoms with Gasteiger partial charge >= 0.3 is 6.18 Å². The van der Waals surface area contributed by atoms with Gasteiger partial charge in [-0.15, -0.1) is 0 Å². The molecule has 2 atom stereocenters. The zero-order valence-electron chi connectivity index (χ0n) is 21.3. The summed E-state index contributed by atoms with van der Waals surface area (Å²) in [5.41, 5.74) is 3.89. The molecule has 37 heavy (non-hydrogen) atoms. The molecule has 2 amide bonds. The molecule has 0 aromatic heterocycles. The number of piperidine rings is 1. The van der Waals surface area contributed by atoms with Gasteiger partial charge < -0.3 is 25.6 Å². The van der Waals surface area contributed by atoms with Crippen LogP contribution in [0.5, 0.6) is 5.75 Å². The van der Waals surface area contributed by atoms with Crippen molar-refractivity contribution in [3.8, 4) is 5.75 Å². The molecule has 0 bridgehead atoms. The van der Waals surface area contributed by atoms with E-state index in [-0.39, 0.29) is 43.0 Å². The SMILES string of the molecule is CCN(C(=O)c1cc2c(cc1C(F)(F)F)OC(C)(C)C(=O)N2CCN)[C@H]1CNCC[C@@H]1c1ccccc1. The number of ether oxygens (including phenoxy) is 1. The van der Waals surface area contributed by atoms with Gasteiger partial charge in [-0.1, -0.05) is 30.3 Å². The number of hydrogen-bond acceptors (Lipinski definition) is 5. The molecule has 3 N–H and O–H groups in total. The summed E-state index contributed by atoms with van der Waals surface area (Å²) in [6.45, 7) is 6.35. The zero-order chi connectivity index (χ0) is 27.0. The lowest BCUT2D eigenvalue weighted by molar-refractivity contribution is -0.138. The largest absolute Gasteiger partial charge is 0.476 e. The summed E-state index contributed by atoms with van der Waals surface area (Å²) in [7, 11) is 0. The van der Waals surface area contributed by atoms with Crippen LogP contribution in [0.15, 0.2) is 42.5 Å². The minimum Gasteiger partial charge on any atom is -0.476 e. The molecular formula is C27H33F3N4O3. The average Bonchev–Trinajstić information content (AvgIpc) is 2.86. The van der Waals surface area contributed by atoms with E-state index in [9.17, 15) is 22.8 Å². The summed E-state index contributed by atoms with van der Waals surface area (Å²) in [4.78, 5) is 29.7. The van der Waals surface area contributed by atoms with Crippen molar-refractivity contribution in [1.82, 2.24) is 10.2 Å². The average molecular weight is 519 g/mol. The van der Waals surface area contributed by atoms with Gasteiger partial charge in [0.15, 0.2) is 5.60 Å². The number of alkyl halides is 3. The molecular weight excluding hydrogens is 485 g/mol. The van der Waals surface area contributed by atoms with Gasteiger partial charge in [0.05, 0.1) is 22.9 Å². The highest BCUT2D eigenvalue weighted by Crippen LogP contribution is 2.44. The topological polar surface area (TPSA) is 87.9 Å². The number of anilines is 1. The van der Waals surface area contributed by atoms with Crippen molar-refractivity contribution in [1.29, 1.82) is 0 Å². The van der Waals surface area contributed by atoms with Crippen LogP contribution >= 0.6 is 0 Å². The van der Waals surface area contributed by atoms with Crippen molar-refractivity contribution in [2.75, 3.05) is 37.6 Å². The van der Waals surface area contributed by atoms with E-state index < -0.39 is 34.7 Å². The Labute approximate surface area is 214 Å². The van der Waals surface area contributed by atoms with E-state index in [2.05, 4.69) is 5.32 Å². The number of carbonyl (C=O) groups excluding carboxylic acids is 2. The molecule has 2 aliphatic rings. The van der Waals surface area contributed by atoms with Crippen molar-refractivity contribution in [3.63, 3.8) is 0 Å². The molecule has 4 rings (SSSR count). The number of hydrogen-bond donors (Lipinski definition) is 2. The number of benzene rings is 2. The van der Waals surface area contributed by atoms with Crippen LogP contribution in [0.4, 0.5) is 18.9 Å². The molecule has 0 unspecified atom stereocenters. The monoisotopic (exact) mass is 518 g/mol. The first-order valence-corrected chi connectivity index (χ1v) is 12.5. The number of halogens is 3. The van der Waals surface area contributed by atoms with Crippen molar-refractivity contribution >= 4 is 17.5 Å². The lowest BCUT2D eigenvalue weighted by atomic mass is 9.84. The Hall–Kier alpha value is -3.11. The lowest BCUT2D eigenvalue weighted by Gasteiger charge is -2.41. The summed E-state index contributed by atoms with van der Waals surface area (Å²) in [5, 5.41) is 3.29. The van der Waals surface area contributed by atoms with Gasteiger partial charge in [-0.2, -0.15) is 13.2 Å². The summed E-state index contributed by atoms with van der Waals surface area (Å²) in [5.74, 6) is -1.31. The lowest BCUT2D eigenvalue weighted by Crippen LogP contribution is -2.54. The third kappa shape index (κ3) is 5.17. The fourth-order valence-electron chi connectivity index (χ4n) is 5.32. The van der Waals surface area contributed by atoms with Crippen molar-refractivity contribution in [3.05, 3.63) is 59.2 Å². The molecule has 1 fully saturated rings. The van der Waals surface area contributed by atoms with E-state index in [1.54, 1.807) is 6.92 Å². The number of likely N-dealkylation sites (N-methyl/N-ethyl adjacent to an activating group) is 1. The molecule has 0 spiro atoms. The maximum Gasteiger partial charge on any atom is 0.417 e. The molecule has 10 heteroatoms. The van der Waals surface area contributed by atoms with Gasteiger partial charge in [-0.05, 0) is 51.4 Å². The van der Waals surface area contributed by atoms with E-state index in [4.69, 9.17) is 10.5 Å². The molecule has 2 heterocycles. The number of carbonyl (C=O) groups is 2. The van der Waals surface area contributed by atoms with E-state index >= 15 is 0 Å². The summed E-state index contributed by atoms with van der Waals surface area (Å²) in [6.07, 6.45) is -4.06. The summed E-state index contributed by atoms with van der Waals surface area (Å²) in [6, 6.07) is 11.3. The summed E-state index contributed by atoms with van der Waals surface area (Å²) < 4.78 is 48.6. The molecule has 7 nitrogen and oxygen atoms in total. The third-order valence-electron chi connectivity index (χ3n) is 7.08. The highest BCUT2D eigenvalue weighted by Gasteiger charge is 2.45. The van der Waals surface area contributed by atoms with E-state index in [0.29, 0.717) is 6.54 Å². The Bertz CT molecular complexity index is 1150. The van der Waals surface area contributed by atoms with Crippen LogP contribution in [0.1, 0.15) is 54.6 Å². The molecule has 0 saturated carbocycles. The van der Waals surface area contributed by atoms with Gasteiger partial charge in [0.1, 0.15) is 5.75 Å². The number of fused-ring (bicyclic) bond motifs is 1. The maximum atomic E-state index is 14.3. The first-order chi connectivity index (χ1) is 17.5. The second-order valence-corrected chi connectivity index (χ2v) is 9.89. The van der Waals surface area contributed by atoms with Crippen LogP contribution in [0, 0.1) is 0 Å². The van der Waals surface area contributed by atoms with E-state index in [0.717, 1.165) is 30.7 Å². The minimum absolute atomic E-state index is 0.0298. The number of nitrogens with zero attached hydrogens (tertiary/aromatic N) is 2. The van der Waals surface area contributed by atoms with Crippen molar-refractivity contribution in [2.45, 2.75) is 50.9 Å². The third-order valence-corrected chi connectivity index (χ3v) is 7.08. The number of nitrogens with one attached hydrogen (secondary N) is 1. The zero-order valence-corrected chi connectivity index (χ0v) is 21.3. The normalized spacial score (nSPS) is 21.3. The standard InChI is InChI=1S/C27H33F3N4O3/c1-4-33(22-16-32-12-10-18(22)17-8-6-5-7-9-17)24(35)19-14-21-23(15-20(19)27(28,29)30)37-26(2,3)25(36)34(21)13-11-31/h5-9,14-15,18,22,32H,4,10-13,16,31H2,1-3H3/t18-,22+/m1/s1. The summed E-state index contributed by atoms with van der Waals surface area (Å²) >= 11 is 0. The maximum absolute atomic E-state index is 14.3. The van der Waals surface area contributed by atoms with Crippen LogP contribution in [-0.4, -0.2) is 61.1 Å². The van der Waals surface area contributed by atoms with Crippen LogP contribution < -0.4 is 20.7 Å². The molecule has 2 aromatic carbocycles. The Morgan fingerprint density at radius 1 is 1.24 bits per heavy atom. The van der Waals surface area contributed by atoms with Crippen LogP contribution in [-0.2, 0) is 11.0 Å². The van der Waals surface area contributed by atoms with Gasteiger partial charge in [0.2, 0.25) is 0 Å². The van der Waals surface area contributed by atoms with Gasteiger partial charge in [0.25, 0.3) is 11.8 Å². The second-order valence-electron chi connectivity index (χ2n) is 9.89. The quantitative estimate of drug-likeness (QED) is 0.608. The van der Waals surface area contributed by atoms with Gasteiger partial charge in [-0.3, -0.25) is 9.59 Å². The van der Waals surface area contributed by atoms with Gasteiger partial charge in [-0.25, -0.2) is 0 Å². The first kappa shape index (κ1) is 26.9.